The zero-order chi connectivity index (χ0) is 12.4. The van der Waals surface area contributed by atoms with Crippen molar-refractivity contribution < 1.29 is 4.79 Å². The Kier molecular flexibility index (Phi) is 2.94. The van der Waals surface area contributed by atoms with Gasteiger partial charge in [-0.2, -0.15) is 15.0 Å². The van der Waals surface area contributed by atoms with Gasteiger partial charge in [0.05, 0.1) is 6.54 Å². The Balaban J connectivity index is 2.28. The quantitative estimate of drug-likeness (QED) is 0.642. The lowest BCUT2D eigenvalue weighted by Gasteiger charge is -2.27. The molecule has 8 heteroatoms. The van der Waals surface area contributed by atoms with Crippen molar-refractivity contribution in [3.63, 3.8) is 0 Å². The van der Waals surface area contributed by atoms with E-state index in [-0.39, 0.29) is 18.4 Å². The summed E-state index contributed by atoms with van der Waals surface area (Å²) in [5, 5.41) is 2.74. The average Bonchev–Trinajstić information content (AvgIpc) is 2.28. The number of piperazine rings is 1. The molecular weight excluding hydrogens is 222 g/mol. The Labute approximate surface area is 98.8 Å². The molecule has 0 aliphatic carbocycles. The topological polar surface area (TPSA) is 100 Å². The summed E-state index contributed by atoms with van der Waals surface area (Å²) in [6.07, 6.45) is 0. The third-order valence-corrected chi connectivity index (χ3v) is 2.35. The Morgan fingerprint density at radius 1 is 1.35 bits per heavy atom. The lowest BCUT2D eigenvalue weighted by Crippen LogP contribution is -2.48. The third kappa shape index (κ3) is 2.52. The van der Waals surface area contributed by atoms with E-state index in [1.165, 1.54) is 0 Å². The summed E-state index contributed by atoms with van der Waals surface area (Å²) in [7, 11) is 3.64. The van der Waals surface area contributed by atoms with Gasteiger partial charge in [-0.1, -0.05) is 0 Å². The largest absolute Gasteiger partial charge is 0.368 e. The highest BCUT2D eigenvalue weighted by Gasteiger charge is 2.20. The first-order valence-electron chi connectivity index (χ1n) is 5.27. The fourth-order valence-corrected chi connectivity index (χ4v) is 1.52. The van der Waals surface area contributed by atoms with Crippen LogP contribution in [0.2, 0.25) is 0 Å². The van der Waals surface area contributed by atoms with Gasteiger partial charge in [0.15, 0.2) is 0 Å². The fourth-order valence-electron chi connectivity index (χ4n) is 1.52. The molecule has 8 nitrogen and oxygen atoms in total. The molecule has 1 amide bonds. The molecule has 1 aliphatic rings. The highest BCUT2D eigenvalue weighted by molar-refractivity contribution is 5.82. The van der Waals surface area contributed by atoms with Crippen LogP contribution in [0, 0.1) is 0 Å². The van der Waals surface area contributed by atoms with Crippen LogP contribution in [0.3, 0.4) is 0 Å². The molecule has 92 valence electrons. The van der Waals surface area contributed by atoms with Gasteiger partial charge in [0, 0.05) is 27.2 Å². The van der Waals surface area contributed by atoms with Crippen molar-refractivity contribution in [3.8, 4) is 0 Å². The van der Waals surface area contributed by atoms with Gasteiger partial charge in [-0.05, 0) is 0 Å². The minimum atomic E-state index is -0.0402. The van der Waals surface area contributed by atoms with Gasteiger partial charge in [0.1, 0.15) is 0 Å². The van der Waals surface area contributed by atoms with E-state index in [1.807, 2.05) is 14.1 Å². The molecule has 17 heavy (non-hydrogen) atoms. The summed E-state index contributed by atoms with van der Waals surface area (Å²) in [6.45, 7) is 1.50. The second kappa shape index (κ2) is 4.40. The Morgan fingerprint density at radius 3 is 2.76 bits per heavy atom. The standard InChI is InChI=1S/C9H15N7O/c1-15(2)8-12-7(10)13-9(14-8)16-4-3-11-6(17)5-16/h3-5H2,1-2H3,(H,11,17)(H2,10,12,13,14). The summed E-state index contributed by atoms with van der Waals surface area (Å²) < 4.78 is 0. The molecule has 0 aromatic carbocycles. The molecule has 0 unspecified atom stereocenters. The predicted octanol–water partition coefficient (Wildman–Crippen LogP) is -1.54. The summed E-state index contributed by atoms with van der Waals surface area (Å²) in [6, 6.07) is 0. The van der Waals surface area contributed by atoms with E-state index in [0.29, 0.717) is 25.0 Å². The molecule has 0 spiro atoms. The van der Waals surface area contributed by atoms with Crippen LogP contribution in [0.15, 0.2) is 0 Å². The van der Waals surface area contributed by atoms with Gasteiger partial charge in [0.2, 0.25) is 23.8 Å². The summed E-state index contributed by atoms with van der Waals surface area (Å²) in [4.78, 5) is 27.1. The first-order valence-corrected chi connectivity index (χ1v) is 5.27. The summed E-state index contributed by atoms with van der Waals surface area (Å²) in [5.74, 6) is 1.04. The van der Waals surface area contributed by atoms with Crippen molar-refractivity contribution in [1.82, 2.24) is 20.3 Å². The molecule has 0 bridgehead atoms. The number of anilines is 3. The zero-order valence-corrected chi connectivity index (χ0v) is 9.84. The Bertz CT molecular complexity index is 433. The number of nitrogens with two attached hydrogens (primary N) is 1. The Hall–Kier alpha value is -2.12. The number of carbonyl (C=O) groups is 1. The summed E-state index contributed by atoms with van der Waals surface area (Å²) in [5.41, 5.74) is 5.62. The van der Waals surface area contributed by atoms with E-state index in [0.717, 1.165) is 0 Å². The molecule has 2 rings (SSSR count). The Morgan fingerprint density at radius 2 is 2.12 bits per heavy atom. The van der Waals surface area contributed by atoms with E-state index >= 15 is 0 Å². The van der Waals surface area contributed by atoms with E-state index in [4.69, 9.17) is 5.73 Å². The van der Waals surface area contributed by atoms with Crippen LogP contribution >= 0.6 is 0 Å². The van der Waals surface area contributed by atoms with Crippen molar-refractivity contribution in [2.45, 2.75) is 0 Å². The number of nitrogens with zero attached hydrogens (tertiary/aromatic N) is 5. The van der Waals surface area contributed by atoms with Crippen molar-refractivity contribution in [2.75, 3.05) is 49.3 Å². The van der Waals surface area contributed by atoms with Crippen LogP contribution < -0.4 is 20.9 Å². The highest BCUT2D eigenvalue weighted by Crippen LogP contribution is 2.13. The van der Waals surface area contributed by atoms with E-state index < -0.39 is 0 Å². The van der Waals surface area contributed by atoms with Crippen molar-refractivity contribution >= 4 is 23.8 Å². The molecule has 0 saturated carbocycles. The number of nitrogen functional groups attached to an aromatic ring is 1. The van der Waals surface area contributed by atoms with Crippen LogP contribution in [-0.4, -0.2) is 54.6 Å². The maximum absolute atomic E-state index is 11.3. The SMILES string of the molecule is CN(C)c1nc(N)nc(N2CCNC(=O)C2)n1. The molecule has 3 N–H and O–H groups in total. The van der Waals surface area contributed by atoms with Crippen molar-refractivity contribution in [2.24, 2.45) is 0 Å². The third-order valence-electron chi connectivity index (χ3n) is 2.35. The molecule has 1 fully saturated rings. The van der Waals surface area contributed by atoms with E-state index in [9.17, 15) is 4.79 Å². The molecule has 0 radical (unpaired) electrons. The van der Waals surface area contributed by atoms with Crippen LogP contribution in [0.25, 0.3) is 0 Å². The number of carbonyl (C=O) groups excluding carboxylic acids is 1. The normalized spacial score (nSPS) is 15.6. The van der Waals surface area contributed by atoms with Gasteiger partial charge >= 0.3 is 0 Å². The van der Waals surface area contributed by atoms with E-state index in [1.54, 1.807) is 9.80 Å². The second-order valence-electron chi connectivity index (χ2n) is 3.96. The average molecular weight is 237 g/mol. The number of hydrogen-bond donors (Lipinski definition) is 2. The van der Waals surface area contributed by atoms with Crippen molar-refractivity contribution in [3.05, 3.63) is 0 Å². The maximum Gasteiger partial charge on any atom is 0.239 e. The molecule has 1 aromatic heterocycles. The smallest absolute Gasteiger partial charge is 0.239 e. The zero-order valence-electron chi connectivity index (χ0n) is 9.84. The molecule has 1 saturated heterocycles. The van der Waals surface area contributed by atoms with Gasteiger partial charge in [-0.3, -0.25) is 4.79 Å². The lowest BCUT2D eigenvalue weighted by molar-refractivity contribution is -0.120. The molecule has 1 aromatic rings. The number of nitrogens with one attached hydrogen (secondary N) is 1. The first kappa shape index (κ1) is 11.4. The minimum Gasteiger partial charge on any atom is -0.368 e. The number of aromatic nitrogens is 3. The van der Waals surface area contributed by atoms with Crippen LogP contribution in [0.1, 0.15) is 0 Å². The van der Waals surface area contributed by atoms with Gasteiger partial charge in [-0.25, -0.2) is 0 Å². The van der Waals surface area contributed by atoms with Gasteiger partial charge in [0.25, 0.3) is 0 Å². The second-order valence-corrected chi connectivity index (χ2v) is 3.96. The van der Waals surface area contributed by atoms with Crippen LogP contribution in [-0.2, 0) is 4.79 Å². The van der Waals surface area contributed by atoms with Crippen molar-refractivity contribution in [1.29, 1.82) is 0 Å². The van der Waals surface area contributed by atoms with Crippen LogP contribution in [0.5, 0.6) is 0 Å². The molecule has 1 aliphatic heterocycles. The maximum atomic E-state index is 11.3. The summed E-state index contributed by atoms with van der Waals surface area (Å²) >= 11 is 0. The first-order chi connectivity index (χ1) is 8.06. The van der Waals surface area contributed by atoms with Gasteiger partial charge < -0.3 is 20.9 Å². The molecule has 2 heterocycles. The fraction of sp³-hybridized carbons (Fsp3) is 0.556. The number of hydrogen-bond acceptors (Lipinski definition) is 7. The monoisotopic (exact) mass is 237 g/mol. The minimum absolute atomic E-state index is 0.0402. The predicted molar refractivity (Wildman–Crippen MR) is 63.8 cm³/mol. The van der Waals surface area contributed by atoms with Crippen LogP contribution in [0.4, 0.5) is 17.8 Å². The molecule has 0 atom stereocenters. The van der Waals surface area contributed by atoms with Gasteiger partial charge in [-0.15, -0.1) is 0 Å². The van der Waals surface area contributed by atoms with E-state index in [2.05, 4.69) is 20.3 Å². The number of amides is 1. The molecular formula is C9H15N7O. The number of rotatable bonds is 2. The lowest BCUT2D eigenvalue weighted by atomic mass is 10.4. The highest BCUT2D eigenvalue weighted by atomic mass is 16.2.